The van der Waals surface area contributed by atoms with Crippen LogP contribution in [-0.4, -0.2) is 39.4 Å². The van der Waals surface area contributed by atoms with Crippen LogP contribution in [0.4, 0.5) is 5.69 Å². The zero-order valence-corrected chi connectivity index (χ0v) is 18.1. The van der Waals surface area contributed by atoms with Gasteiger partial charge in [0.25, 0.3) is 5.91 Å². The first-order valence-corrected chi connectivity index (χ1v) is 10.3. The molecule has 1 amide bonds. The zero-order chi connectivity index (χ0) is 21.8. The van der Waals surface area contributed by atoms with Gasteiger partial charge in [0.2, 0.25) is 5.55 Å². The van der Waals surface area contributed by atoms with E-state index in [1.54, 1.807) is 56.7 Å². The van der Waals surface area contributed by atoms with Gasteiger partial charge in [0.15, 0.2) is 0 Å². The summed E-state index contributed by atoms with van der Waals surface area (Å²) >= 11 is 6.13. The second kappa shape index (κ2) is 9.41. The molecule has 8 heteroatoms. The second-order valence-electron chi connectivity index (χ2n) is 7.14. The Morgan fingerprint density at radius 3 is 2.81 bits per heavy atom. The molecule has 1 fully saturated rings. The van der Waals surface area contributed by atoms with Gasteiger partial charge < -0.3 is 23.9 Å². The molecule has 0 spiro atoms. The maximum Gasteiger partial charge on any atom is 0.256 e. The lowest BCUT2D eigenvalue weighted by molar-refractivity contribution is 0.0854. The van der Waals surface area contributed by atoms with Gasteiger partial charge in [-0.2, -0.15) is 0 Å². The summed E-state index contributed by atoms with van der Waals surface area (Å²) < 4.78 is 22.3. The van der Waals surface area contributed by atoms with Crippen molar-refractivity contribution in [2.24, 2.45) is 4.99 Å². The Kier molecular flexibility index (Phi) is 6.44. The lowest BCUT2D eigenvalue weighted by atomic mass is 10.1. The van der Waals surface area contributed by atoms with Crippen LogP contribution in [0.25, 0.3) is 11.0 Å². The van der Waals surface area contributed by atoms with E-state index >= 15 is 0 Å². The molecule has 1 atom stereocenters. The number of ether oxygens (including phenoxy) is 3. The van der Waals surface area contributed by atoms with Gasteiger partial charge in [0, 0.05) is 29.6 Å². The lowest BCUT2D eigenvalue weighted by Crippen LogP contribution is -2.34. The molecule has 0 bridgehead atoms. The van der Waals surface area contributed by atoms with E-state index < -0.39 is 0 Å². The fraction of sp³-hybridized carbons (Fsp3) is 0.304. The predicted molar refractivity (Wildman–Crippen MR) is 117 cm³/mol. The molecule has 0 radical (unpaired) electrons. The van der Waals surface area contributed by atoms with E-state index in [1.165, 1.54) is 0 Å². The molecule has 1 aromatic heterocycles. The van der Waals surface area contributed by atoms with Crippen LogP contribution >= 0.6 is 11.6 Å². The maximum atomic E-state index is 13.0. The van der Waals surface area contributed by atoms with E-state index in [1.807, 2.05) is 0 Å². The van der Waals surface area contributed by atoms with E-state index in [0.29, 0.717) is 39.7 Å². The number of halogens is 1. The number of hydrogen-bond acceptors (Lipinski definition) is 6. The minimum Gasteiger partial charge on any atom is -0.497 e. The van der Waals surface area contributed by atoms with Crippen LogP contribution in [0.1, 0.15) is 23.2 Å². The van der Waals surface area contributed by atoms with Crippen molar-refractivity contribution < 1.29 is 23.4 Å². The van der Waals surface area contributed by atoms with Gasteiger partial charge in [-0.25, -0.2) is 4.99 Å². The smallest absolute Gasteiger partial charge is 0.256 e. The van der Waals surface area contributed by atoms with Crippen molar-refractivity contribution in [1.82, 2.24) is 5.32 Å². The molecule has 0 aliphatic carbocycles. The number of carbonyl (C=O) groups excluding carboxylic acids is 1. The van der Waals surface area contributed by atoms with Crippen LogP contribution in [0.2, 0.25) is 5.02 Å². The predicted octanol–water partition coefficient (Wildman–Crippen LogP) is 4.24. The molecule has 162 valence electrons. The molecule has 0 saturated carbocycles. The summed E-state index contributed by atoms with van der Waals surface area (Å²) in [4.78, 5) is 17.6. The third-order valence-corrected chi connectivity index (χ3v) is 5.31. The number of carbonyl (C=O) groups is 1. The maximum absolute atomic E-state index is 13.0. The second-order valence-corrected chi connectivity index (χ2v) is 7.58. The van der Waals surface area contributed by atoms with Crippen molar-refractivity contribution >= 4 is 34.2 Å². The van der Waals surface area contributed by atoms with Crippen molar-refractivity contribution in [3.63, 3.8) is 0 Å². The summed E-state index contributed by atoms with van der Waals surface area (Å²) in [5.74, 6) is 0.830. The SMILES string of the molecule is COc1ccc(OC)c(N=c2oc3ccc(Cl)cc3cc2C(=O)NC[C@H]2CCCO2)c1. The highest BCUT2D eigenvalue weighted by Gasteiger charge is 2.19. The highest BCUT2D eigenvalue weighted by atomic mass is 35.5. The van der Waals surface area contributed by atoms with E-state index in [-0.39, 0.29) is 23.1 Å². The summed E-state index contributed by atoms with van der Waals surface area (Å²) in [5, 5.41) is 4.17. The first kappa shape index (κ1) is 21.2. The summed E-state index contributed by atoms with van der Waals surface area (Å²) in [6.45, 7) is 1.15. The van der Waals surface area contributed by atoms with Crippen LogP contribution < -0.4 is 20.3 Å². The Hall–Kier alpha value is -3.03. The topological polar surface area (TPSA) is 82.3 Å². The summed E-state index contributed by atoms with van der Waals surface area (Å²) in [7, 11) is 3.12. The van der Waals surface area contributed by atoms with Crippen molar-refractivity contribution in [2.45, 2.75) is 18.9 Å². The molecular formula is C23H23ClN2O5. The number of fused-ring (bicyclic) bond motifs is 1. The fourth-order valence-electron chi connectivity index (χ4n) is 3.45. The van der Waals surface area contributed by atoms with E-state index in [2.05, 4.69) is 10.3 Å². The molecule has 2 aromatic carbocycles. The van der Waals surface area contributed by atoms with Gasteiger partial charge in [-0.05, 0) is 49.2 Å². The van der Waals surface area contributed by atoms with Crippen LogP contribution in [0.5, 0.6) is 11.5 Å². The van der Waals surface area contributed by atoms with E-state index in [9.17, 15) is 4.79 Å². The Bertz CT molecular complexity index is 1170. The Morgan fingerprint density at radius 1 is 1.19 bits per heavy atom. The molecule has 7 nitrogen and oxygen atoms in total. The molecule has 1 aliphatic heterocycles. The highest BCUT2D eigenvalue weighted by molar-refractivity contribution is 6.31. The van der Waals surface area contributed by atoms with Gasteiger partial charge in [-0.1, -0.05) is 11.6 Å². The highest BCUT2D eigenvalue weighted by Crippen LogP contribution is 2.31. The first-order valence-electron chi connectivity index (χ1n) is 9.97. The number of nitrogens with one attached hydrogen (secondary N) is 1. The van der Waals surface area contributed by atoms with Crippen LogP contribution in [0.15, 0.2) is 51.9 Å². The average molecular weight is 443 g/mol. The van der Waals surface area contributed by atoms with Crippen molar-refractivity contribution in [3.05, 3.63) is 58.6 Å². The van der Waals surface area contributed by atoms with Crippen molar-refractivity contribution in [3.8, 4) is 11.5 Å². The quantitative estimate of drug-likeness (QED) is 0.617. The standard InChI is InChI=1S/C23H23ClN2O5/c1-28-16-6-8-21(29-2)19(12-16)26-23-18(22(27)25-13-17-4-3-9-30-17)11-14-10-15(24)5-7-20(14)31-23/h5-8,10-12,17H,3-4,9,13H2,1-2H3,(H,25,27)/t17-/m1/s1. The van der Waals surface area contributed by atoms with Crippen molar-refractivity contribution in [2.75, 3.05) is 27.4 Å². The first-order chi connectivity index (χ1) is 15.1. The van der Waals surface area contributed by atoms with Gasteiger partial charge in [0.1, 0.15) is 28.3 Å². The molecule has 0 unspecified atom stereocenters. The number of benzene rings is 2. The molecular weight excluding hydrogens is 420 g/mol. The lowest BCUT2D eigenvalue weighted by Gasteiger charge is -2.11. The summed E-state index contributed by atoms with van der Waals surface area (Å²) in [6, 6.07) is 12.2. The Balaban J connectivity index is 1.80. The Morgan fingerprint density at radius 2 is 2.06 bits per heavy atom. The number of amides is 1. The van der Waals surface area contributed by atoms with Crippen LogP contribution in [-0.2, 0) is 4.74 Å². The zero-order valence-electron chi connectivity index (χ0n) is 17.3. The molecule has 2 heterocycles. The van der Waals surface area contributed by atoms with Crippen molar-refractivity contribution in [1.29, 1.82) is 0 Å². The number of hydrogen-bond donors (Lipinski definition) is 1. The van der Waals surface area contributed by atoms with E-state index in [4.69, 9.17) is 30.2 Å². The van der Waals surface area contributed by atoms with E-state index in [0.717, 1.165) is 19.4 Å². The third-order valence-electron chi connectivity index (χ3n) is 5.08. The summed E-state index contributed by atoms with van der Waals surface area (Å²) in [6.07, 6.45) is 1.95. The molecule has 1 saturated heterocycles. The minimum atomic E-state index is -0.304. The van der Waals surface area contributed by atoms with Gasteiger partial charge in [-0.3, -0.25) is 4.79 Å². The minimum absolute atomic E-state index is 0.0228. The molecule has 4 rings (SSSR count). The Labute approximate surface area is 184 Å². The fourth-order valence-corrected chi connectivity index (χ4v) is 3.63. The van der Waals surface area contributed by atoms with Gasteiger partial charge in [0.05, 0.1) is 20.3 Å². The average Bonchev–Trinajstić information content (AvgIpc) is 3.31. The largest absolute Gasteiger partial charge is 0.497 e. The molecule has 3 aromatic rings. The molecule has 31 heavy (non-hydrogen) atoms. The van der Waals surface area contributed by atoms with Gasteiger partial charge >= 0.3 is 0 Å². The summed E-state index contributed by atoms with van der Waals surface area (Å²) in [5.41, 5.74) is 1.48. The van der Waals surface area contributed by atoms with Gasteiger partial charge in [-0.15, -0.1) is 0 Å². The molecule has 1 aliphatic rings. The normalized spacial score (nSPS) is 16.5. The number of methoxy groups -OCH3 is 2. The number of nitrogens with zero attached hydrogens (tertiary/aromatic N) is 1. The van der Waals surface area contributed by atoms with Crippen LogP contribution in [0, 0.1) is 0 Å². The van der Waals surface area contributed by atoms with Crippen LogP contribution in [0.3, 0.4) is 0 Å². The monoisotopic (exact) mass is 442 g/mol. The third kappa shape index (κ3) is 4.84. The molecule has 1 N–H and O–H groups in total. The number of rotatable bonds is 6.